The van der Waals surface area contributed by atoms with Crippen LogP contribution in [0, 0.1) is 18.6 Å². The number of nitrogens with zero attached hydrogens (tertiary/aromatic N) is 4. The molecular formula is C20H21F2N5O. The summed E-state index contributed by atoms with van der Waals surface area (Å²) in [7, 11) is 0. The standard InChI is InChI=1S/C20H21F2N5O/c1-13-7-9-26(25-13)10-8-20(28)24-17-3-2-4-18-15(17)12-23-27(18)19-6-5-14(21)11-16(19)22/h5-7,9,11-12,17H,2-4,8,10H2,1H3,(H,24,28)/t17-/m0/s1. The van der Waals surface area contributed by atoms with Crippen molar-refractivity contribution < 1.29 is 13.6 Å². The van der Waals surface area contributed by atoms with E-state index in [9.17, 15) is 13.6 Å². The van der Waals surface area contributed by atoms with Crippen molar-refractivity contribution in [2.75, 3.05) is 0 Å². The number of hydrogen-bond acceptors (Lipinski definition) is 3. The predicted octanol–water partition coefficient (Wildman–Crippen LogP) is 3.24. The molecular weight excluding hydrogens is 364 g/mol. The topological polar surface area (TPSA) is 64.7 Å². The molecule has 1 aromatic carbocycles. The number of aromatic nitrogens is 4. The third-order valence-corrected chi connectivity index (χ3v) is 5.00. The number of hydrogen-bond donors (Lipinski definition) is 1. The molecule has 0 saturated heterocycles. The van der Waals surface area contributed by atoms with Gasteiger partial charge in [0.25, 0.3) is 0 Å². The molecule has 0 radical (unpaired) electrons. The number of aryl methyl sites for hydroxylation is 2. The Hall–Kier alpha value is -3.03. The fourth-order valence-corrected chi connectivity index (χ4v) is 3.64. The predicted molar refractivity (Wildman–Crippen MR) is 98.9 cm³/mol. The molecule has 1 aliphatic carbocycles. The highest BCUT2D eigenvalue weighted by molar-refractivity contribution is 5.76. The Morgan fingerprint density at radius 3 is 2.93 bits per heavy atom. The Labute approximate surface area is 161 Å². The van der Waals surface area contributed by atoms with Crippen molar-refractivity contribution in [1.29, 1.82) is 0 Å². The van der Waals surface area contributed by atoms with E-state index in [0.717, 1.165) is 42.3 Å². The van der Waals surface area contributed by atoms with E-state index in [1.807, 2.05) is 19.2 Å². The molecule has 146 valence electrons. The molecule has 3 aromatic rings. The van der Waals surface area contributed by atoms with Crippen molar-refractivity contribution in [2.24, 2.45) is 0 Å². The van der Waals surface area contributed by atoms with E-state index in [1.165, 1.54) is 16.8 Å². The van der Waals surface area contributed by atoms with Crippen LogP contribution in [-0.2, 0) is 17.8 Å². The van der Waals surface area contributed by atoms with E-state index in [0.29, 0.717) is 13.0 Å². The highest BCUT2D eigenvalue weighted by atomic mass is 19.1. The fraction of sp³-hybridized carbons (Fsp3) is 0.350. The average molecular weight is 385 g/mol. The van der Waals surface area contributed by atoms with Crippen LogP contribution < -0.4 is 5.32 Å². The molecule has 0 aliphatic heterocycles. The van der Waals surface area contributed by atoms with Crippen LogP contribution in [0.15, 0.2) is 36.7 Å². The van der Waals surface area contributed by atoms with Gasteiger partial charge in [-0.3, -0.25) is 9.48 Å². The number of fused-ring (bicyclic) bond motifs is 1. The van der Waals surface area contributed by atoms with Gasteiger partial charge in [0.2, 0.25) is 5.91 Å². The van der Waals surface area contributed by atoms with Crippen LogP contribution in [0.25, 0.3) is 5.69 Å². The van der Waals surface area contributed by atoms with Crippen molar-refractivity contribution >= 4 is 5.91 Å². The van der Waals surface area contributed by atoms with E-state index < -0.39 is 11.6 Å². The van der Waals surface area contributed by atoms with Crippen molar-refractivity contribution in [2.45, 2.75) is 45.2 Å². The zero-order valence-electron chi connectivity index (χ0n) is 15.5. The minimum atomic E-state index is -0.661. The first kappa shape index (κ1) is 18.3. The number of carbonyl (C=O) groups is 1. The second-order valence-corrected chi connectivity index (χ2v) is 7.04. The largest absolute Gasteiger partial charge is 0.349 e. The van der Waals surface area contributed by atoms with E-state index in [2.05, 4.69) is 15.5 Å². The van der Waals surface area contributed by atoms with Crippen molar-refractivity contribution in [3.8, 4) is 5.69 Å². The molecule has 4 rings (SSSR count). The van der Waals surface area contributed by atoms with E-state index in [-0.39, 0.29) is 17.6 Å². The summed E-state index contributed by atoms with van der Waals surface area (Å²) < 4.78 is 30.6. The Kier molecular flexibility index (Phi) is 4.93. The van der Waals surface area contributed by atoms with Crippen molar-refractivity contribution in [3.05, 3.63) is 65.2 Å². The first-order valence-electron chi connectivity index (χ1n) is 9.33. The maximum absolute atomic E-state index is 14.2. The maximum atomic E-state index is 14.2. The van der Waals surface area contributed by atoms with E-state index >= 15 is 0 Å². The molecule has 2 heterocycles. The van der Waals surface area contributed by atoms with Gasteiger partial charge in [-0.15, -0.1) is 0 Å². The number of carbonyl (C=O) groups excluding carboxylic acids is 1. The summed E-state index contributed by atoms with van der Waals surface area (Å²) in [5.74, 6) is -1.35. The maximum Gasteiger partial charge on any atom is 0.222 e. The molecule has 0 fully saturated rings. The molecule has 1 atom stereocenters. The molecule has 0 spiro atoms. The van der Waals surface area contributed by atoms with Gasteiger partial charge in [-0.25, -0.2) is 13.5 Å². The lowest BCUT2D eigenvalue weighted by molar-refractivity contribution is -0.122. The second-order valence-electron chi connectivity index (χ2n) is 7.04. The molecule has 28 heavy (non-hydrogen) atoms. The van der Waals surface area contributed by atoms with Crippen molar-refractivity contribution in [1.82, 2.24) is 24.9 Å². The minimum absolute atomic E-state index is 0.0632. The van der Waals surface area contributed by atoms with Crippen LogP contribution in [0.1, 0.15) is 42.3 Å². The van der Waals surface area contributed by atoms with Crippen molar-refractivity contribution in [3.63, 3.8) is 0 Å². The minimum Gasteiger partial charge on any atom is -0.349 e. The Bertz CT molecular complexity index is 1010. The molecule has 6 nitrogen and oxygen atoms in total. The van der Waals surface area contributed by atoms with Crippen LogP contribution in [0.2, 0.25) is 0 Å². The van der Waals surface area contributed by atoms with Crippen LogP contribution in [-0.4, -0.2) is 25.5 Å². The summed E-state index contributed by atoms with van der Waals surface area (Å²) in [6.07, 6.45) is 6.22. The molecule has 8 heteroatoms. The highest BCUT2D eigenvalue weighted by Crippen LogP contribution is 2.31. The van der Waals surface area contributed by atoms with Gasteiger partial charge in [0.05, 0.1) is 17.9 Å². The average Bonchev–Trinajstić information content (AvgIpc) is 3.27. The number of benzene rings is 1. The number of amides is 1. The molecule has 1 N–H and O–H groups in total. The van der Waals surface area contributed by atoms with Gasteiger partial charge in [-0.1, -0.05) is 0 Å². The van der Waals surface area contributed by atoms with Gasteiger partial charge >= 0.3 is 0 Å². The zero-order valence-corrected chi connectivity index (χ0v) is 15.5. The zero-order chi connectivity index (χ0) is 19.7. The Morgan fingerprint density at radius 2 is 2.18 bits per heavy atom. The third-order valence-electron chi connectivity index (χ3n) is 5.00. The first-order chi connectivity index (χ1) is 13.5. The van der Waals surface area contributed by atoms with Crippen LogP contribution in [0.3, 0.4) is 0 Å². The molecule has 1 aliphatic rings. The summed E-state index contributed by atoms with van der Waals surface area (Å²) in [6.45, 7) is 2.42. The molecule has 2 aromatic heterocycles. The van der Waals surface area contributed by atoms with Gasteiger partial charge in [0.15, 0.2) is 5.82 Å². The SMILES string of the molecule is Cc1ccn(CCC(=O)N[C@H]2CCCc3c2cnn3-c2ccc(F)cc2F)n1. The molecule has 1 amide bonds. The number of halogens is 2. The summed E-state index contributed by atoms with van der Waals surface area (Å²) in [6, 6.07) is 5.18. The lowest BCUT2D eigenvalue weighted by Crippen LogP contribution is -2.31. The first-order valence-corrected chi connectivity index (χ1v) is 9.33. The number of nitrogens with one attached hydrogen (secondary N) is 1. The van der Waals surface area contributed by atoms with E-state index in [1.54, 1.807) is 10.9 Å². The van der Waals surface area contributed by atoms with Crippen LogP contribution in [0.5, 0.6) is 0 Å². The highest BCUT2D eigenvalue weighted by Gasteiger charge is 2.26. The fourth-order valence-electron chi connectivity index (χ4n) is 3.64. The van der Waals surface area contributed by atoms with Gasteiger partial charge < -0.3 is 5.32 Å². The quantitative estimate of drug-likeness (QED) is 0.733. The molecule has 0 unspecified atom stereocenters. The van der Waals surface area contributed by atoms with E-state index in [4.69, 9.17) is 0 Å². The van der Waals surface area contributed by atoms with Crippen LogP contribution in [0.4, 0.5) is 8.78 Å². The summed E-state index contributed by atoms with van der Waals surface area (Å²) in [5, 5.41) is 11.6. The molecule has 0 bridgehead atoms. The monoisotopic (exact) mass is 385 g/mol. The third kappa shape index (κ3) is 3.67. The van der Waals surface area contributed by atoms with Gasteiger partial charge in [0, 0.05) is 36.5 Å². The normalized spacial score (nSPS) is 16.0. The van der Waals surface area contributed by atoms with Crippen LogP contribution >= 0.6 is 0 Å². The van der Waals surface area contributed by atoms with Gasteiger partial charge in [-0.2, -0.15) is 10.2 Å². The smallest absolute Gasteiger partial charge is 0.222 e. The summed E-state index contributed by atoms with van der Waals surface area (Å²) in [4.78, 5) is 12.4. The Morgan fingerprint density at radius 1 is 1.32 bits per heavy atom. The summed E-state index contributed by atoms with van der Waals surface area (Å²) >= 11 is 0. The second kappa shape index (κ2) is 7.53. The lowest BCUT2D eigenvalue weighted by Gasteiger charge is -2.24. The molecule has 0 saturated carbocycles. The summed E-state index contributed by atoms with van der Waals surface area (Å²) in [5.41, 5.74) is 2.87. The number of rotatable bonds is 5. The Balaban J connectivity index is 1.48. The van der Waals surface area contributed by atoms with Gasteiger partial charge in [-0.05, 0) is 44.4 Å². The van der Waals surface area contributed by atoms with Gasteiger partial charge in [0.1, 0.15) is 11.5 Å². The lowest BCUT2D eigenvalue weighted by atomic mass is 9.92.